The molecule has 0 saturated heterocycles. The maximum absolute atomic E-state index is 12.8. The van der Waals surface area contributed by atoms with Crippen molar-refractivity contribution in [1.82, 2.24) is 0 Å². The zero-order chi connectivity index (χ0) is 25.9. The van der Waals surface area contributed by atoms with Crippen molar-refractivity contribution < 1.29 is 34.8 Å². The number of amides is 1. The zero-order valence-electron chi connectivity index (χ0n) is 20.1. The third-order valence-electron chi connectivity index (χ3n) is 5.74. The predicted molar refractivity (Wildman–Crippen MR) is 141 cm³/mol. The second kappa shape index (κ2) is 15.1. The van der Waals surface area contributed by atoms with Gasteiger partial charge in [0, 0.05) is 18.7 Å². The van der Waals surface area contributed by atoms with Crippen LogP contribution in [0.15, 0.2) is 84.9 Å². The highest BCUT2D eigenvalue weighted by Crippen LogP contribution is 2.27. The topological polar surface area (TPSA) is 136 Å². The van der Waals surface area contributed by atoms with Gasteiger partial charge in [-0.05, 0) is 35.6 Å². The summed E-state index contributed by atoms with van der Waals surface area (Å²) < 4.78 is 5.84. The lowest BCUT2D eigenvalue weighted by Crippen LogP contribution is -2.45. The predicted octanol–water partition coefficient (Wildman–Crippen LogP) is 2.78. The van der Waals surface area contributed by atoms with Gasteiger partial charge in [-0.25, -0.2) is 0 Å². The summed E-state index contributed by atoms with van der Waals surface area (Å²) in [5.41, 5.74) is 2.69. The molecule has 37 heavy (non-hydrogen) atoms. The lowest BCUT2D eigenvalue weighted by atomic mass is 10.0. The van der Waals surface area contributed by atoms with E-state index in [0.29, 0.717) is 11.3 Å². The molecule has 0 aliphatic rings. The Hall–Kier alpha value is -3.27. The largest absolute Gasteiger partial charge is 0.453 e. The molecule has 8 nitrogen and oxygen atoms in total. The minimum Gasteiger partial charge on any atom is -0.453 e. The number of hydrogen-bond donors (Lipinski definition) is 5. The fourth-order valence-corrected chi connectivity index (χ4v) is 3.75. The number of halogens is 1. The highest BCUT2D eigenvalue weighted by atomic mass is 35.5. The quantitative estimate of drug-likeness (QED) is 0.228. The van der Waals surface area contributed by atoms with Gasteiger partial charge in [0.1, 0.15) is 6.10 Å². The summed E-state index contributed by atoms with van der Waals surface area (Å²) in [4.78, 5) is 25.2. The molecule has 3 rings (SSSR count). The molecule has 3 aromatic carbocycles. The average molecular weight is 530 g/mol. The van der Waals surface area contributed by atoms with Gasteiger partial charge in [0.25, 0.3) is 5.91 Å². The fourth-order valence-electron chi connectivity index (χ4n) is 3.75. The van der Waals surface area contributed by atoms with Crippen LogP contribution in [0.1, 0.15) is 35.6 Å². The third kappa shape index (κ3) is 8.66. The van der Waals surface area contributed by atoms with E-state index in [9.17, 15) is 24.9 Å². The van der Waals surface area contributed by atoms with Crippen LogP contribution in [-0.2, 0) is 20.7 Å². The molecule has 0 spiro atoms. The maximum Gasteiger partial charge on any atom is 0.307 e. The molecule has 0 aromatic heterocycles. The molecular weight excluding hydrogens is 498 g/mol. The number of hydrogen-bond acceptors (Lipinski definition) is 7. The van der Waals surface area contributed by atoms with Crippen molar-refractivity contribution >= 4 is 30.0 Å². The Balaban J connectivity index is 0.00000481. The van der Waals surface area contributed by atoms with E-state index >= 15 is 0 Å². The van der Waals surface area contributed by atoms with Crippen LogP contribution < -0.4 is 5.32 Å². The van der Waals surface area contributed by atoms with Crippen molar-refractivity contribution in [2.24, 2.45) is 0 Å². The number of benzene rings is 3. The van der Waals surface area contributed by atoms with E-state index < -0.39 is 42.9 Å². The molecule has 0 saturated carbocycles. The Morgan fingerprint density at radius 1 is 0.811 bits per heavy atom. The highest BCUT2D eigenvalue weighted by molar-refractivity contribution is 5.95. The first kappa shape index (κ1) is 30.0. The van der Waals surface area contributed by atoms with Gasteiger partial charge in [0.05, 0.1) is 6.10 Å². The van der Waals surface area contributed by atoms with Gasteiger partial charge in [0.15, 0.2) is 12.2 Å². The Bertz CT molecular complexity index is 1070. The number of aryl methyl sites for hydroxylation is 1. The standard InChI is InChI=1S/C28H31NO7.ClH/c30-18-17-23(31)25(33)26(34)28(35)29-22-14-8-7-9-19(22)15-16-24(32)36-27(20-10-3-1-4-11-20)21-12-5-2-6-13-21;/h1-14,23,25-27,30-31,33-34H,15-18H2,(H,29,35);1H. The summed E-state index contributed by atoms with van der Waals surface area (Å²) in [5.74, 6) is -1.33. The first-order chi connectivity index (χ1) is 17.4. The molecule has 5 N–H and O–H groups in total. The summed E-state index contributed by atoms with van der Waals surface area (Å²) in [7, 11) is 0. The third-order valence-corrected chi connectivity index (χ3v) is 5.74. The first-order valence-electron chi connectivity index (χ1n) is 11.7. The van der Waals surface area contributed by atoms with E-state index in [1.54, 1.807) is 24.3 Å². The molecular formula is C28H32ClNO7. The van der Waals surface area contributed by atoms with E-state index in [0.717, 1.165) is 11.1 Å². The van der Waals surface area contributed by atoms with Crippen molar-refractivity contribution in [3.05, 3.63) is 102 Å². The molecule has 198 valence electrons. The van der Waals surface area contributed by atoms with E-state index in [1.165, 1.54) is 0 Å². The molecule has 0 aliphatic heterocycles. The molecule has 0 aliphatic carbocycles. The van der Waals surface area contributed by atoms with E-state index in [2.05, 4.69) is 5.32 Å². The summed E-state index contributed by atoms with van der Waals surface area (Å²) in [6.07, 6.45) is -5.55. The smallest absolute Gasteiger partial charge is 0.307 e. The first-order valence-corrected chi connectivity index (χ1v) is 11.7. The van der Waals surface area contributed by atoms with Crippen LogP contribution >= 0.6 is 12.4 Å². The van der Waals surface area contributed by atoms with Gasteiger partial charge in [-0.3, -0.25) is 9.59 Å². The van der Waals surface area contributed by atoms with Crippen LogP contribution in [0.5, 0.6) is 0 Å². The van der Waals surface area contributed by atoms with Crippen LogP contribution in [0.25, 0.3) is 0 Å². The molecule has 0 bridgehead atoms. The maximum atomic E-state index is 12.8. The number of carbonyl (C=O) groups excluding carboxylic acids is 2. The van der Waals surface area contributed by atoms with Crippen molar-refractivity contribution in [2.45, 2.75) is 43.7 Å². The van der Waals surface area contributed by atoms with Crippen LogP contribution in [0.4, 0.5) is 5.69 Å². The van der Waals surface area contributed by atoms with Gasteiger partial charge in [-0.2, -0.15) is 0 Å². The van der Waals surface area contributed by atoms with Crippen molar-refractivity contribution in [3.63, 3.8) is 0 Å². The molecule has 0 heterocycles. The molecule has 1 amide bonds. The number of ether oxygens (including phenoxy) is 1. The number of aliphatic hydroxyl groups excluding tert-OH is 4. The van der Waals surface area contributed by atoms with E-state index in [4.69, 9.17) is 9.84 Å². The minimum absolute atomic E-state index is 0. The molecule has 9 heteroatoms. The van der Waals surface area contributed by atoms with E-state index in [-0.39, 0.29) is 31.7 Å². The van der Waals surface area contributed by atoms with Crippen molar-refractivity contribution in [3.8, 4) is 0 Å². The van der Waals surface area contributed by atoms with Crippen LogP contribution in [-0.4, -0.2) is 57.2 Å². The number of anilines is 1. The zero-order valence-corrected chi connectivity index (χ0v) is 21.0. The van der Waals surface area contributed by atoms with Crippen molar-refractivity contribution in [1.29, 1.82) is 0 Å². The number of esters is 1. The highest BCUT2D eigenvalue weighted by Gasteiger charge is 2.30. The molecule has 3 unspecified atom stereocenters. The second-order valence-electron chi connectivity index (χ2n) is 8.35. The van der Waals surface area contributed by atoms with Gasteiger partial charge >= 0.3 is 5.97 Å². The molecule has 0 fully saturated rings. The number of para-hydroxylation sites is 1. The SMILES string of the molecule is Cl.O=C(CCc1ccccc1NC(=O)C(O)C(O)C(O)CCO)OC(c1ccccc1)c1ccccc1. The normalized spacial score (nSPS) is 13.2. The van der Waals surface area contributed by atoms with E-state index in [1.807, 2.05) is 60.7 Å². The summed E-state index contributed by atoms with van der Waals surface area (Å²) in [6.45, 7) is -0.402. The molecule has 3 aromatic rings. The fraction of sp³-hybridized carbons (Fsp3) is 0.286. The Labute approximate surface area is 222 Å². The summed E-state index contributed by atoms with van der Waals surface area (Å²) >= 11 is 0. The summed E-state index contributed by atoms with van der Waals surface area (Å²) in [5, 5.41) is 41.2. The summed E-state index contributed by atoms with van der Waals surface area (Å²) in [6, 6.07) is 25.7. The number of carbonyl (C=O) groups is 2. The van der Waals surface area contributed by atoms with Crippen LogP contribution in [0, 0.1) is 0 Å². The monoisotopic (exact) mass is 529 g/mol. The lowest BCUT2D eigenvalue weighted by Gasteiger charge is -2.22. The Morgan fingerprint density at radius 2 is 1.35 bits per heavy atom. The minimum atomic E-state index is -1.90. The second-order valence-corrected chi connectivity index (χ2v) is 8.35. The lowest BCUT2D eigenvalue weighted by molar-refractivity contribution is -0.147. The Kier molecular flexibility index (Phi) is 12.2. The number of aliphatic hydroxyl groups is 4. The molecule has 0 radical (unpaired) electrons. The average Bonchev–Trinajstić information content (AvgIpc) is 2.91. The van der Waals surface area contributed by atoms with Crippen LogP contribution in [0.2, 0.25) is 0 Å². The van der Waals surface area contributed by atoms with Gasteiger partial charge in [-0.1, -0.05) is 78.9 Å². The van der Waals surface area contributed by atoms with Crippen LogP contribution in [0.3, 0.4) is 0 Å². The van der Waals surface area contributed by atoms with Gasteiger partial charge in [0.2, 0.25) is 0 Å². The molecule has 3 atom stereocenters. The van der Waals surface area contributed by atoms with Gasteiger partial charge < -0.3 is 30.5 Å². The number of nitrogens with one attached hydrogen (secondary N) is 1. The Morgan fingerprint density at radius 3 is 1.92 bits per heavy atom. The van der Waals surface area contributed by atoms with Crippen molar-refractivity contribution in [2.75, 3.05) is 11.9 Å². The van der Waals surface area contributed by atoms with Gasteiger partial charge in [-0.15, -0.1) is 12.4 Å². The number of rotatable bonds is 12.